The molecule has 0 aliphatic heterocycles. The van der Waals surface area contributed by atoms with E-state index in [1.807, 2.05) is 11.9 Å². The van der Waals surface area contributed by atoms with Crippen LogP contribution in [0, 0.1) is 10.1 Å². The van der Waals surface area contributed by atoms with Gasteiger partial charge < -0.3 is 14.7 Å². The van der Waals surface area contributed by atoms with E-state index in [1.54, 1.807) is 7.11 Å². The van der Waals surface area contributed by atoms with Crippen LogP contribution in [-0.4, -0.2) is 64.7 Å². The summed E-state index contributed by atoms with van der Waals surface area (Å²) in [4.78, 5) is 11.9. The predicted octanol–water partition coefficient (Wildman–Crippen LogP) is -0.270. The first kappa shape index (κ1) is 14.6. The smallest absolute Gasteiger partial charge is 0.306 e. The molecule has 0 radical (unpaired) electrons. The summed E-state index contributed by atoms with van der Waals surface area (Å²) in [6, 6.07) is 0. The zero-order valence-electron chi connectivity index (χ0n) is 10.5. The molecule has 0 fully saturated rings. The third kappa shape index (κ3) is 4.78. The van der Waals surface area contributed by atoms with Crippen LogP contribution in [-0.2, 0) is 11.3 Å². The number of aliphatic hydroxyl groups is 1. The number of rotatable bonds is 8. The molecule has 0 aliphatic rings. The van der Waals surface area contributed by atoms with Gasteiger partial charge in [-0.05, 0) is 7.05 Å². The van der Waals surface area contributed by atoms with Gasteiger partial charge in [0.2, 0.25) is 0 Å². The van der Waals surface area contributed by atoms with Gasteiger partial charge in [0.05, 0.1) is 24.2 Å². The maximum atomic E-state index is 10.5. The van der Waals surface area contributed by atoms with E-state index in [0.29, 0.717) is 19.7 Å². The molecule has 102 valence electrons. The van der Waals surface area contributed by atoms with Crippen molar-refractivity contribution < 1.29 is 14.8 Å². The average molecular weight is 258 g/mol. The van der Waals surface area contributed by atoms with Gasteiger partial charge in [0.15, 0.2) is 0 Å². The van der Waals surface area contributed by atoms with Crippen molar-refractivity contribution in [2.24, 2.45) is 0 Å². The van der Waals surface area contributed by atoms with Gasteiger partial charge in [-0.25, -0.2) is 0 Å². The molecular weight excluding hydrogens is 240 g/mol. The van der Waals surface area contributed by atoms with Gasteiger partial charge in [0.1, 0.15) is 12.4 Å². The fraction of sp³-hybridized carbons (Fsp3) is 0.700. The van der Waals surface area contributed by atoms with Crippen LogP contribution in [0.15, 0.2) is 12.4 Å². The zero-order chi connectivity index (χ0) is 13.5. The third-order valence-electron chi connectivity index (χ3n) is 2.43. The molecule has 18 heavy (non-hydrogen) atoms. The van der Waals surface area contributed by atoms with Crippen molar-refractivity contribution in [3.05, 3.63) is 22.5 Å². The number of aromatic nitrogens is 2. The maximum absolute atomic E-state index is 10.5. The molecule has 1 aromatic rings. The van der Waals surface area contributed by atoms with E-state index in [9.17, 15) is 15.2 Å². The fourth-order valence-electron chi connectivity index (χ4n) is 1.52. The van der Waals surface area contributed by atoms with Crippen LogP contribution in [0.2, 0.25) is 0 Å². The Labute approximate surface area is 105 Å². The van der Waals surface area contributed by atoms with Crippen LogP contribution in [0.3, 0.4) is 0 Å². The molecule has 0 amide bonds. The highest BCUT2D eigenvalue weighted by molar-refractivity contribution is 5.20. The number of ether oxygens (including phenoxy) is 1. The van der Waals surface area contributed by atoms with Gasteiger partial charge in [-0.15, -0.1) is 0 Å². The average Bonchev–Trinajstić information content (AvgIpc) is 2.74. The lowest BCUT2D eigenvalue weighted by molar-refractivity contribution is -0.385. The van der Waals surface area contributed by atoms with Gasteiger partial charge in [-0.1, -0.05) is 0 Å². The molecule has 1 heterocycles. The molecule has 0 bridgehead atoms. The van der Waals surface area contributed by atoms with Crippen LogP contribution in [0.4, 0.5) is 5.69 Å². The quantitative estimate of drug-likeness (QED) is 0.509. The lowest BCUT2D eigenvalue weighted by atomic mass is 10.3. The lowest BCUT2D eigenvalue weighted by Gasteiger charge is -2.19. The molecule has 0 aromatic carbocycles. The Balaban J connectivity index is 2.38. The van der Waals surface area contributed by atoms with Crippen molar-refractivity contribution in [2.45, 2.75) is 12.6 Å². The summed E-state index contributed by atoms with van der Waals surface area (Å²) in [5.41, 5.74) is -0.0741. The van der Waals surface area contributed by atoms with E-state index >= 15 is 0 Å². The second-order valence-corrected chi connectivity index (χ2v) is 4.09. The normalized spacial score (nSPS) is 12.9. The summed E-state index contributed by atoms with van der Waals surface area (Å²) >= 11 is 0. The Morgan fingerprint density at radius 3 is 3.00 bits per heavy atom. The monoisotopic (exact) mass is 258 g/mol. The van der Waals surface area contributed by atoms with Crippen LogP contribution >= 0.6 is 0 Å². The number of methoxy groups -OCH3 is 1. The molecule has 0 saturated heterocycles. The van der Waals surface area contributed by atoms with E-state index in [0.717, 1.165) is 0 Å². The molecule has 1 rings (SSSR count). The largest absolute Gasteiger partial charge is 0.390 e. The third-order valence-corrected chi connectivity index (χ3v) is 2.43. The number of hydrogen-bond donors (Lipinski definition) is 1. The highest BCUT2D eigenvalue weighted by Gasteiger charge is 2.13. The molecule has 8 heteroatoms. The van der Waals surface area contributed by atoms with Crippen LogP contribution < -0.4 is 0 Å². The SMILES string of the molecule is COCCN(C)CC(O)Cn1cc([N+](=O)[O-])cn1. The van der Waals surface area contributed by atoms with Crippen molar-refractivity contribution >= 4 is 5.69 Å². The van der Waals surface area contributed by atoms with E-state index < -0.39 is 11.0 Å². The van der Waals surface area contributed by atoms with Crippen LogP contribution in [0.1, 0.15) is 0 Å². The molecule has 1 aromatic heterocycles. The minimum absolute atomic E-state index is 0.0741. The summed E-state index contributed by atoms with van der Waals surface area (Å²) in [5, 5.41) is 24.1. The predicted molar refractivity (Wildman–Crippen MR) is 64.3 cm³/mol. The minimum Gasteiger partial charge on any atom is -0.390 e. The summed E-state index contributed by atoms with van der Waals surface area (Å²) in [7, 11) is 3.49. The zero-order valence-corrected chi connectivity index (χ0v) is 10.5. The Morgan fingerprint density at radius 1 is 1.72 bits per heavy atom. The van der Waals surface area contributed by atoms with Crippen molar-refractivity contribution in [3.63, 3.8) is 0 Å². The lowest BCUT2D eigenvalue weighted by Crippen LogP contribution is -2.34. The first-order valence-electron chi connectivity index (χ1n) is 5.55. The number of hydrogen-bond acceptors (Lipinski definition) is 6. The number of aliphatic hydroxyl groups excluding tert-OH is 1. The molecule has 1 N–H and O–H groups in total. The second kappa shape index (κ2) is 7.04. The van der Waals surface area contributed by atoms with Crippen LogP contribution in [0.25, 0.3) is 0 Å². The molecule has 0 saturated carbocycles. The first-order valence-corrected chi connectivity index (χ1v) is 5.55. The Bertz CT molecular complexity index is 382. The molecule has 8 nitrogen and oxygen atoms in total. The summed E-state index contributed by atoms with van der Waals surface area (Å²) in [6.45, 7) is 1.99. The Kier molecular flexibility index (Phi) is 5.69. The number of nitrogens with zero attached hydrogens (tertiary/aromatic N) is 4. The first-order chi connectivity index (χ1) is 8.52. The molecule has 1 atom stereocenters. The fourth-order valence-corrected chi connectivity index (χ4v) is 1.52. The van der Waals surface area contributed by atoms with E-state index in [4.69, 9.17) is 4.74 Å². The Morgan fingerprint density at radius 2 is 2.44 bits per heavy atom. The van der Waals surface area contributed by atoms with Crippen molar-refractivity contribution in [1.82, 2.24) is 14.7 Å². The van der Waals surface area contributed by atoms with Gasteiger partial charge in [0.25, 0.3) is 0 Å². The van der Waals surface area contributed by atoms with Crippen molar-refractivity contribution in [2.75, 3.05) is 33.9 Å². The Hall–Kier alpha value is -1.51. The summed E-state index contributed by atoms with van der Waals surface area (Å²) in [6.07, 6.45) is 1.84. The van der Waals surface area contributed by atoms with E-state index in [1.165, 1.54) is 17.1 Å². The van der Waals surface area contributed by atoms with Crippen molar-refractivity contribution in [1.29, 1.82) is 0 Å². The second-order valence-electron chi connectivity index (χ2n) is 4.09. The summed E-state index contributed by atoms with van der Waals surface area (Å²) in [5.74, 6) is 0. The molecule has 0 spiro atoms. The van der Waals surface area contributed by atoms with E-state index in [2.05, 4.69) is 5.10 Å². The topological polar surface area (TPSA) is 93.7 Å². The molecule has 1 unspecified atom stereocenters. The standard InChI is InChI=1S/C10H18N4O4/c1-12(3-4-18-2)7-10(15)8-13-6-9(5-11-13)14(16)17/h5-6,10,15H,3-4,7-8H2,1-2H3. The molecular formula is C10H18N4O4. The van der Waals surface area contributed by atoms with Gasteiger partial charge >= 0.3 is 5.69 Å². The number of nitro groups is 1. The maximum Gasteiger partial charge on any atom is 0.306 e. The highest BCUT2D eigenvalue weighted by atomic mass is 16.6. The number of likely N-dealkylation sites (N-methyl/N-ethyl adjacent to an activating group) is 1. The van der Waals surface area contributed by atoms with Gasteiger partial charge in [0, 0.05) is 20.2 Å². The highest BCUT2D eigenvalue weighted by Crippen LogP contribution is 2.08. The minimum atomic E-state index is -0.633. The molecule has 0 aliphatic carbocycles. The van der Waals surface area contributed by atoms with Crippen molar-refractivity contribution in [3.8, 4) is 0 Å². The van der Waals surface area contributed by atoms with Crippen LogP contribution in [0.5, 0.6) is 0 Å². The van der Waals surface area contributed by atoms with Gasteiger partial charge in [-0.2, -0.15) is 5.10 Å². The van der Waals surface area contributed by atoms with Gasteiger partial charge in [-0.3, -0.25) is 14.8 Å². The van der Waals surface area contributed by atoms with E-state index in [-0.39, 0.29) is 12.2 Å². The summed E-state index contributed by atoms with van der Waals surface area (Å²) < 4.78 is 6.29.